The topological polar surface area (TPSA) is 15.3 Å². The average molecular weight is 216 g/mol. The maximum absolute atomic E-state index is 12.2. The fourth-order valence-electron chi connectivity index (χ4n) is 2.36. The summed E-state index contributed by atoms with van der Waals surface area (Å²) in [6.45, 7) is 9.46. The summed E-state index contributed by atoms with van der Waals surface area (Å²) >= 11 is 0. The van der Waals surface area contributed by atoms with Crippen LogP contribution in [0.3, 0.4) is 0 Å². The van der Waals surface area contributed by atoms with Gasteiger partial charge in [0.15, 0.2) is 0 Å². The first-order valence-corrected chi connectivity index (χ1v) is 6.14. The lowest BCUT2D eigenvalue weighted by Crippen LogP contribution is -2.61. The number of rotatable bonds is 5. The molecule has 0 amide bonds. The van der Waals surface area contributed by atoms with E-state index in [0.29, 0.717) is 12.5 Å². The van der Waals surface area contributed by atoms with Crippen molar-refractivity contribution in [3.8, 4) is 0 Å². The molecular formula is C12H25FN2. The molecule has 15 heavy (non-hydrogen) atoms. The highest BCUT2D eigenvalue weighted by Gasteiger charge is 2.31. The van der Waals surface area contributed by atoms with Crippen molar-refractivity contribution >= 4 is 0 Å². The van der Waals surface area contributed by atoms with Gasteiger partial charge in [-0.25, -0.2) is 0 Å². The average Bonchev–Trinajstić information content (AvgIpc) is 2.18. The maximum atomic E-state index is 12.2. The molecule has 1 aliphatic rings. The Balaban J connectivity index is 2.48. The van der Waals surface area contributed by atoms with E-state index >= 15 is 0 Å². The first-order chi connectivity index (χ1) is 7.09. The molecule has 90 valence electrons. The highest BCUT2D eigenvalue weighted by Crippen LogP contribution is 2.18. The van der Waals surface area contributed by atoms with E-state index < -0.39 is 0 Å². The lowest BCUT2D eigenvalue weighted by molar-refractivity contribution is 0.0864. The van der Waals surface area contributed by atoms with Crippen LogP contribution < -0.4 is 5.32 Å². The van der Waals surface area contributed by atoms with Gasteiger partial charge >= 0.3 is 0 Å². The van der Waals surface area contributed by atoms with Crippen LogP contribution in [0.2, 0.25) is 0 Å². The van der Waals surface area contributed by atoms with Crippen LogP contribution in [0.5, 0.6) is 0 Å². The summed E-state index contributed by atoms with van der Waals surface area (Å²) in [5.41, 5.74) is 0.181. The third-order valence-electron chi connectivity index (χ3n) is 3.13. The lowest BCUT2D eigenvalue weighted by Gasteiger charge is -2.44. The van der Waals surface area contributed by atoms with Crippen molar-refractivity contribution in [2.45, 2.75) is 51.6 Å². The number of hydrogen-bond acceptors (Lipinski definition) is 2. The van der Waals surface area contributed by atoms with Crippen LogP contribution in [0, 0.1) is 0 Å². The van der Waals surface area contributed by atoms with Crippen LogP contribution in [0.4, 0.5) is 4.39 Å². The summed E-state index contributed by atoms with van der Waals surface area (Å²) < 4.78 is 12.2. The SMILES string of the molecule is CCCC1CNC(C)(C)CN1CCCF. The molecule has 0 spiro atoms. The van der Waals surface area contributed by atoms with Crippen LogP contribution in [0.15, 0.2) is 0 Å². The number of halogens is 1. The Morgan fingerprint density at radius 2 is 2.20 bits per heavy atom. The van der Waals surface area contributed by atoms with Crippen molar-refractivity contribution in [1.82, 2.24) is 10.2 Å². The normalized spacial score (nSPS) is 26.8. The highest BCUT2D eigenvalue weighted by molar-refractivity contribution is 4.91. The second-order valence-corrected chi connectivity index (χ2v) is 5.22. The molecule has 1 saturated heterocycles. The minimum absolute atomic E-state index is 0.181. The second kappa shape index (κ2) is 5.80. The molecule has 1 atom stereocenters. The number of hydrogen-bond donors (Lipinski definition) is 1. The van der Waals surface area contributed by atoms with Crippen molar-refractivity contribution in [3.63, 3.8) is 0 Å². The van der Waals surface area contributed by atoms with Crippen molar-refractivity contribution < 1.29 is 4.39 Å². The van der Waals surface area contributed by atoms with Crippen LogP contribution >= 0.6 is 0 Å². The zero-order chi connectivity index (χ0) is 11.3. The van der Waals surface area contributed by atoms with E-state index in [2.05, 4.69) is 31.0 Å². The molecule has 1 unspecified atom stereocenters. The number of nitrogens with zero attached hydrogens (tertiary/aromatic N) is 1. The molecule has 0 saturated carbocycles. The number of alkyl halides is 1. The third-order valence-corrected chi connectivity index (χ3v) is 3.13. The van der Waals surface area contributed by atoms with Gasteiger partial charge in [0.1, 0.15) is 0 Å². The lowest BCUT2D eigenvalue weighted by atomic mass is 9.96. The molecule has 3 heteroatoms. The summed E-state index contributed by atoms with van der Waals surface area (Å²) in [5.74, 6) is 0. The highest BCUT2D eigenvalue weighted by atomic mass is 19.1. The van der Waals surface area contributed by atoms with Gasteiger partial charge in [0.05, 0.1) is 6.67 Å². The number of piperazine rings is 1. The maximum Gasteiger partial charge on any atom is 0.0906 e. The van der Waals surface area contributed by atoms with Gasteiger partial charge in [-0.05, 0) is 26.7 Å². The monoisotopic (exact) mass is 216 g/mol. The van der Waals surface area contributed by atoms with Crippen LogP contribution in [0.1, 0.15) is 40.0 Å². The molecule has 0 radical (unpaired) electrons. The van der Waals surface area contributed by atoms with Crippen molar-refractivity contribution in [2.75, 3.05) is 26.3 Å². The quantitative estimate of drug-likeness (QED) is 0.758. The summed E-state index contributed by atoms with van der Waals surface area (Å²) in [4.78, 5) is 2.46. The summed E-state index contributed by atoms with van der Waals surface area (Å²) in [6, 6.07) is 0.606. The predicted molar refractivity (Wildman–Crippen MR) is 62.9 cm³/mol. The summed E-state index contributed by atoms with van der Waals surface area (Å²) in [7, 11) is 0. The van der Waals surface area contributed by atoms with E-state index in [0.717, 1.165) is 19.6 Å². The summed E-state index contributed by atoms with van der Waals surface area (Å²) in [5, 5.41) is 3.56. The van der Waals surface area contributed by atoms with Crippen LogP contribution in [-0.4, -0.2) is 42.8 Å². The standard InChI is InChI=1S/C12H25FN2/c1-4-6-11-9-14-12(2,3)10-15(11)8-5-7-13/h11,14H,4-10H2,1-3H3. The Hall–Kier alpha value is -0.150. The molecule has 1 heterocycles. The van der Waals surface area contributed by atoms with Crippen molar-refractivity contribution in [1.29, 1.82) is 0 Å². The first-order valence-electron chi connectivity index (χ1n) is 6.14. The minimum atomic E-state index is -0.191. The molecule has 0 aromatic rings. The Bertz CT molecular complexity index is 182. The zero-order valence-corrected chi connectivity index (χ0v) is 10.4. The first kappa shape index (κ1) is 12.9. The molecular weight excluding hydrogens is 191 g/mol. The molecule has 0 aromatic heterocycles. The fourth-order valence-corrected chi connectivity index (χ4v) is 2.36. The predicted octanol–water partition coefficient (Wildman–Crippen LogP) is 2.20. The molecule has 0 bridgehead atoms. The Morgan fingerprint density at radius 1 is 1.47 bits per heavy atom. The largest absolute Gasteiger partial charge is 0.309 e. The molecule has 1 rings (SSSR count). The van der Waals surface area contributed by atoms with Gasteiger partial charge in [0.25, 0.3) is 0 Å². The van der Waals surface area contributed by atoms with Gasteiger partial charge in [-0.2, -0.15) is 0 Å². The molecule has 1 N–H and O–H groups in total. The van der Waals surface area contributed by atoms with Crippen molar-refractivity contribution in [2.24, 2.45) is 0 Å². The minimum Gasteiger partial charge on any atom is -0.309 e. The Labute approximate surface area is 93.2 Å². The van der Waals surface area contributed by atoms with E-state index in [-0.39, 0.29) is 12.2 Å². The molecule has 0 aromatic carbocycles. The zero-order valence-electron chi connectivity index (χ0n) is 10.4. The van der Waals surface area contributed by atoms with Gasteiger partial charge in [-0.1, -0.05) is 13.3 Å². The van der Waals surface area contributed by atoms with Gasteiger partial charge in [-0.3, -0.25) is 9.29 Å². The Kier molecular flexibility index (Phi) is 5.00. The third kappa shape index (κ3) is 4.07. The van der Waals surface area contributed by atoms with Gasteiger partial charge in [0, 0.05) is 31.2 Å². The fraction of sp³-hybridized carbons (Fsp3) is 1.00. The van der Waals surface area contributed by atoms with E-state index in [1.165, 1.54) is 12.8 Å². The Morgan fingerprint density at radius 3 is 2.80 bits per heavy atom. The van der Waals surface area contributed by atoms with Gasteiger partial charge in [-0.15, -0.1) is 0 Å². The molecule has 1 fully saturated rings. The summed E-state index contributed by atoms with van der Waals surface area (Å²) in [6.07, 6.45) is 3.10. The van der Waals surface area contributed by atoms with E-state index in [1.54, 1.807) is 0 Å². The van der Waals surface area contributed by atoms with Gasteiger partial charge < -0.3 is 5.32 Å². The van der Waals surface area contributed by atoms with E-state index in [4.69, 9.17) is 0 Å². The van der Waals surface area contributed by atoms with E-state index in [1.807, 2.05) is 0 Å². The smallest absolute Gasteiger partial charge is 0.0906 e. The van der Waals surface area contributed by atoms with Crippen LogP contribution in [0.25, 0.3) is 0 Å². The number of nitrogens with one attached hydrogen (secondary N) is 1. The van der Waals surface area contributed by atoms with Crippen molar-refractivity contribution in [3.05, 3.63) is 0 Å². The second-order valence-electron chi connectivity index (χ2n) is 5.22. The van der Waals surface area contributed by atoms with Crippen LogP contribution in [-0.2, 0) is 0 Å². The molecule has 1 aliphatic heterocycles. The molecule has 2 nitrogen and oxygen atoms in total. The van der Waals surface area contributed by atoms with Gasteiger partial charge in [0.2, 0.25) is 0 Å². The van der Waals surface area contributed by atoms with E-state index in [9.17, 15) is 4.39 Å². The molecule has 0 aliphatic carbocycles.